The van der Waals surface area contributed by atoms with Gasteiger partial charge in [0.2, 0.25) is 11.8 Å². The number of aliphatic hydroxyl groups is 2. The molecule has 0 radical (unpaired) electrons. The minimum Gasteiger partial charge on any atom is -0.493 e. The summed E-state index contributed by atoms with van der Waals surface area (Å²) in [6.45, 7) is 0. The standard InChI is InChI=1S/C36H22N2O12S2/c39-33(37-18-7-3-9-20(15-18)51(45,46)47)30-28-24-12-2-6-17-5-1-11-22(26(17)24)23-13-14-25(35(41)42)29(27(23)28)32(36(43)44)31(30)34(40)38-19-8-4-10-21(16-19)52(48,49)50/h1-16H,(H,37,39)(H,38,40)(H,41,42)(H,43,44)(H,45,46,47)(H,48,49,50). The topological polar surface area (TPSA) is 249 Å². The Bertz CT molecular complexity index is 2990. The average Bonchev–Trinajstić information content (AvgIpc) is 3.08. The highest BCUT2D eigenvalue weighted by Crippen LogP contribution is 2.46. The van der Waals surface area contributed by atoms with Crippen LogP contribution < -0.4 is 0 Å². The Morgan fingerprint density at radius 3 is 1.50 bits per heavy atom. The van der Waals surface area contributed by atoms with Gasteiger partial charge in [-0.2, -0.15) is 16.8 Å². The third-order valence-electron chi connectivity index (χ3n) is 8.51. The van der Waals surface area contributed by atoms with E-state index in [1.54, 1.807) is 36.4 Å². The molecule has 0 aliphatic rings. The monoisotopic (exact) mass is 738 g/mol. The van der Waals surface area contributed by atoms with Crippen molar-refractivity contribution in [1.82, 2.24) is 0 Å². The number of carboxylic acid groups (broad SMARTS) is 2. The molecule has 0 bridgehead atoms. The highest BCUT2D eigenvalue weighted by molar-refractivity contribution is 7.86. The molecule has 52 heavy (non-hydrogen) atoms. The molecule has 7 aromatic carbocycles. The summed E-state index contributed by atoms with van der Waals surface area (Å²) in [5.41, 5.74) is -3.00. The van der Waals surface area contributed by atoms with Gasteiger partial charge in [0, 0.05) is 10.8 Å². The van der Waals surface area contributed by atoms with Gasteiger partial charge >= 0.3 is 11.9 Å². The molecule has 0 amide bonds. The Kier molecular flexibility index (Phi) is 7.91. The molecule has 0 aromatic heterocycles. The number of fused-ring (bicyclic) bond motifs is 2. The molecular formula is C36H22N2O12S2. The van der Waals surface area contributed by atoms with Gasteiger partial charge in [-0.05, 0) is 74.8 Å². The number of benzene rings is 7. The average molecular weight is 739 g/mol. The van der Waals surface area contributed by atoms with Crippen LogP contribution in [0, 0.1) is 0 Å². The van der Waals surface area contributed by atoms with E-state index in [4.69, 9.17) is 0 Å². The van der Waals surface area contributed by atoms with Gasteiger partial charge in [-0.1, -0.05) is 54.6 Å². The second kappa shape index (κ2) is 12.1. The summed E-state index contributed by atoms with van der Waals surface area (Å²) in [4.78, 5) is 33.0. The van der Waals surface area contributed by atoms with E-state index in [-0.39, 0.29) is 27.5 Å². The molecule has 7 aromatic rings. The van der Waals surface area contributed by atoms with Crippen LogP contribution >= 0.6 is 0 Å². The molecule has 0 saturated heterocycles. The van der Waals surface area contributed by atoms with E-state index >= 15 is 0 Å². The van der Waals surface area contributed by atoms with Crippen molar-refractivity contribution in [1.29, 1.82) is 0 Å². The Morgan fingerprint density at radius 2 is 0.981 bits per heavy atom. The summed E-state index contributed by atoms with van der Waals surface area (Å²) in [6.07, 6.45) is 0. The maximum Gasteiger partial charge on any atom is 0.337 e. The van der Waals surface area contributed by atoms with Crippen LogP contribution in [0.2, 0.25) is 0 Å². The Balaban J connectivity index is 1.75. The lowest BCUT2D eigenvalue weighted by atomic mass is 9.81. The van der Waals surface area contributed by atoms with Gasteiger partial charge in [-0.25, -0.2) is 19.6 Å². The van der Waals surface area contributed by atoms with E-state index in [1.807, 2.05) is 0 Å². The van der Waals surface area contributed by atoms with Gasteiger partial charge in [-0.3, -0.25) is 9.11 Å². The number of carbonyl (C=O) groups is 2. The van der Waals surface area contributed by atoms with Crippen LogP contribution in [0.3, 0.4) is 0 Å². The molecule has 260 valence electrons. The van der Waals surface area contributed by atoms with Gasteiger partial charge in [0.05, 0.1) is 43.4 Å². The van der Waals surface area contributed by atoms with Crippen molar-refractivity contribution in [3.63, 3.8) is 0 Å². The fraction of sp³-hybridized carbons (Fsp3) is 0. The van der Waals surface area contributed by atoms with Crippen molar-refractivity contribution < 1.29 is 56.0 Å². The van der Waals surface area contributed by atoms with Crippen LogP contribution in [0.15, 0.2) is 117 Å². The number of carboxylic acids is 2. The lowest BCUT2D eigenvalue weighted by Crippen LogP contribution is -2.19. The van der Waals surface area contributed by atoms with E-state index < -0.39 is 76.0 Å². The molecule has 0 atom stereocenters. The number of hydrogen-bond donors (Lipinski definition) is 6. The number of hydrogen-bond acceptors (Lipinski definition) is 8. The van der Waals surface area contributed by atoms with E-state index in [0.717, 1.165) is 24.3 Å². The first kappa shape index (κ1) is 34.0. The summed E-state index contributed by atoms with van der Waals surface area (Å²) in [5, 5.41) is 47.3. The van der Waals surface area contributed by atoms with Crippen molar-refractivity contribution in [2.24, 2.45) is 9.98 Å². The summed E-state index contributed by atoms with van der Waals surface area (Å²) >= 11 is 0. The van der Waals surface area contributed by atoms with Crippen LogP contribution in [0.25, 0.3) is 43.1 Å². The van der Waals surface area contributed by atoms with E-state index in [9.17, 15) is 56.0 Å². The third kappa shape index (κ3) is 5.61. The summed E-state index contributed by atoms with van der Waals surface area (Å²) in [7, 11) is -9.48. The van der Waals surface area contributed by atoms with E-state index in [0.29, 0.717) is 26.9 Å². The number of nitrogens with zero attached hydrogens (tertiary/aromatic N) is 2. The first-order chi connectivity index (χ1) is 24.6. The second-order valence-corrected chi connectivity index (χ2v) is 14.4. The van der Waals surface area contributed by atoms with Crippen LogP contribution in [0.4, 0.5) is 11.4 Å². The molecule has 0 spiro atoms. The molecule has 0 saturated carbocycles. The SMILES string of the molecule is O=C(O)c1ccc2c3cccc4cccc(c5c(C(O)=Nc6cccc(S(=O)(=O)O)c6)c(C(O)=Nc6cccc(S(=O)(=O)O)c6)c(C(=O)O)c1c25)c43. The zero-order valence-electron chi connectivity index (χ0n) is 26.1. The Hall–Kier alpha value is -6.46. The van der Waals surface area contributed by atoms with Gasteiger partial charge in [0.25, 0.3) is 20.2 Å². The van der Waals surface area contributed by atoms with Crippen LogP contribution in [0.5, 0.6) is 0 Å². The normalized spacial score (nSPS) is 13.0. The summed E-state index contributed by atoms with van der Waals surface area (Å²) in [5.74, 6) is -5.38. The Labute approximate surface area is 292 Å². The molecule has 0 unspecified atom stereocenters. The minimum atomic E-state index is -4.75. The number of aliphatic hydroxyl groups excluding tert-OH is 2. The fourth-order valence-electron chi connectivity index (χ4n) is 6.51. The third-order valence-corrected chi connectivity index (χ3v) is 10.2. The lowest BCUT2D eigenvalue weighted by Gasteiger charge is -2.22. The van der Waals surface area contributed by atoms with E-state index in [2.05, 4.69) is 9.98 Å². The second-order valence-electron chi connectivity index (χ2n) is 11.5. The molecule has 0 aliphatic carbocycles. The van der Waals surface area contributed by atoms with Crippen LogP contribution in [-0.2, 0) is 20.2 Å². The molecule has 0 aliphatic heterocycles. The first-order valence-electron chi connectivity index (χ1n) is 14.9. The summed E-state index contributed by atoms with van der Waals surface area (Å²) < 4.78 is 66.7. The largest absolute Gasteiger partial charge is 0.493 e. The van der Waals surface area contributed by atoms with Crippen LogP contribution in [0.1, 0.15) is 31.8 Å². The quantitative estimate of drug-likeness (QED) is 0.0306. The van der Waals surface area contributed by atoms with Gasteiger partial charge in [0.15, 0.2) is 0 Å². The maximum absolute atomic E-state index is 13.3. The van der Waals surface area contributed by atoms with Gasteiger partial charge in [0.1, 0.15) is 0 Å². The zero-order chi connectivity index (χ0) is 37.3. The molecule has 14 nitrogen and oxygen atoms in total. The van der Waals surface area contributed by atoms with Crippen LogP contribution in [-0.4, -0.2) is 70.1 Å². The van der Waals surface area contributed by atoms with Crippen molar-refractivity contribution in [2.75, 3.05) is 0 Å². The molecule has 6 N–H and O–H groups in total. The zero-order valence-corrected chi connectivity index (χ0v) is 27.7. The molecule has 7 rings (SSSR count). The smallest absolute Gasteiger partial charge is 0.337 e. The number of rotatable bonds is 8. The number of aliphatic imine (C=N–C) groups is 2. The Morgan fingerprint density at radius 1 is 0.481 bits per heavy atom. The highest BCUT2D eigenvalue weighted by atomic mass is 32.2. The van der Waals surface area contributed by atoms with Crippen molar-refractivity contribution in [3.8, 4) is 0 Å². The molecule has 16 heteroatoms. The van der Waals surface area contributed by atoms with Gasteiger partial charge in [-0.15, -0.1) is 0 Å². The van der Waals surface area contributed by atoms with Gasteiger partial charge < -0.3 is 20.4 Å². The van der Waals surface area contributed by atoms with Crippen molar-refractivity contribution in [2.45, 2.75) is 9.79 Å². The lowest BCUT2D eigenvalue weighted by molar-refractivity contribution is 0.0695. The minimum absolute atomic E-state index is 0.0398. The highest BCUT2D eigenvalue weighted by Gasteiger charge is 2.33. The fourth-order valence-corrected chi connectivity index (χ4v) is 7.55. The maximum atomic E-state index is 13.3. The van der Waals surface area contributed by atoms with E-state index in [1.165, 1.54) is 36.4 Å². The van der Waals surface area contributed by atoms with Crippen molar-refractivity contribution in [3.05, 3.63) is 119 Å². The molecule has 0 fully saturated rings. The summed E-state index contributed by atoms with van der Waals surface area (Å²) in [6, 6.07) is 22.0. The van der Waals surface area contributed by atoms with Crippen molar-refractivity contribution >= 4 is 98.4 Å². The molecule has 0 heterocycles. The first-order valence-corrected chi connectivity index (χ1v) is 17.8. The predicted molar refractivity (Wildman–Crippen MR) is 192 cm³/mol. The predicted octanol–water partition coefficient (Wildman–Crippen LogP) is 6.90. The molecular weight excluding hydrogens is 717 g/mol. The number of aromatic carboxylic acids is 2.